The molecule has 0 spiro atoms. The second kappa shape index (κ2) is 6.32. The second-order valence-electron chi connectivity index (χ2n) is 5.62. The summed E-state index contributed by atoms with van der Waals surface area (Å²) >= 11 is 6.19. The van der Waals surface area contributed by atoms with Crippen molar-refractivity contribution in [1.82, 2.24) is 10.2 Å². The van der Waals surface area contributed by atoms with E-state index >= 15 is 0 Å². The van der Waals surface area contributed by atoms with E-state index < -0.39 is 17.8 Å². The Kier molecular flexibility index (Phi) is 4.55. The molecule has 1 aromatic carbocycles. The Morgan fingerprint density at radius 1 is 1.22 bits per heavy atom. The largest absolute Gasteiger partial charge is 0.416 e. The topological polar surface area (TPSA) is 35.9 Å². The van der Waals surface area contributed by atoms with Crippen LogP contribution in [0.1, 0.15) is 24.0 Å². The second-order valence-corrected chi connectivity index (χ2v) is 6.08. The number of aliphatic hydroxyl groups excluding tert-OH is 1. The number of hydrogen-bond donors (Lipinski definition) is 1. The zero-order chi connectivity index (χ0) is 16.6. The highest BCUT2D eigenvalue weighted by Crippen LogP contribution is 2.34. The van der Waals surface area contributed by atoms with Gasteiger partial charge in [0, 0.05) is 18.7 Å². The lowest BCUT2D eigenvalue weighted by molar-refractivity contribution is -0.237. The highest BCUT2D eigenvalue weighted by atomic mass is 35.5. The van der Waals surface area contributed by atoms with Crippen LogP contribution < -0.4 is 0 Å². The van der Waals surface area contributed by atoms with Gasteiger partial charge >= 0.3 is 6.18 Å². The van der Waals surface area contributed by atoms with E-state index in [-0.39, 0.29) is 0 Å². The van der Waals surface area contributed by atoms with Crippen LogP contribution in [-0.2, 0) is 11.0 Å². The molecule has 0 aliphatic carbocycles. The third kappa shape index (κ3) is 3.63. The van der Waals surface area contributed by atoms with Gasteiger partial charge < -0.3 is 9.94 Å². The predicted molar refractivity (Wildman–Crippen MR) is 78.8 cm³/mol. The summed E-state index contributed by atoms with van der Waals surface area (Å²) in [6.07, 6.45) is -3.20. The average molecular weight is 349 g/mol. The molecule has 23 heavy (non-hydrogen) atoms. The summed E-state index contributed by atoms with van der Waals surface area (Å²) in [5.41, 5.74) is -0.227. The minimum Gasteiger partial charge on any atom is -0.392 e. The molecule has 0 radical (unpaired) electrons. The van der Waals surface area contributed by atoms with E-state index in [0.29, 0.717) is 29.4 Å². The number of rotatable bonds is 2. The van der Waals surface area contributed by atoms with Gasteiger partial charge in [-0.1, -0.05) is 28.9 Å². The highest BCUT2D eigenvalue weighted by Gasteiger charge is 2.33. The number of halogens is 4. The first kappa shape index (κ1) is 16.6. The van der Waals surface area contributed by atoms with Crippen LogP contribution in [0.15, 0.2) is 29.3 Å². The Morgan fingerprint density at radius 2 is 1.91 bits per heavy atom. The Labute approximate surface area is 136 Å². The number of benzene rings is 1. The molecule has 0 amide bonds. The van der Waals surface area contributed by atoms with Gasteiger partial charge in [-0.25, -0.2) is 5.01 Å². The zero-order valence-electron chi connectivity index (χ0n) is 12.2. The van der Waals surface area contributed by atoms with Crippen LogP contribution in [-0.4, -0.2) is 41.0 Å². The molecule has 0 bridgehead atoms. The van der Waals surface area contributed by atoms with Crippen molar-refractivity contribution in [3.05, 3.63) is 40.4 Å². The molecular weight excluding hydrogens is 333 g/mol. The molecule has 3 rings (SSSR count). The van der Waals surface area contributed by atoms with Gasteiger partial charge in [0.25, 0.3) is 0 Å². The lowest BCUT2D eigenvalue weighted by Crippen LogP contribution is -2.48. The van der Waals surface area contributed by atoms with Crippen LogP contribution >= 0.6 is 11.6 Å². The molecule has 0 aromatic heterocycles. The van der Waals surface area contributed by atoms with E-state index in [1.54, 1.807) is 5.17 Å². The van der Waals surface area contributed by atoms with Crippen LogP contribution in [0.2, 0.25) is 0 Å². The molecule has 126 valence electrons. The van der Waals surface area contributed by atoms with Gasteiger partial charge in [-0.3, -0.25) is 0 Å². The molecule has 1 aromatic rings. The fraction of sp³-hybridized carbons (Fsp3) is 0.467. The number of piperidine rings is 1. The molecule has 2 aliphatic rings. The monoisotopic (exact) mass is 348 g/mol. The van der Waals surface area contributed by atoms with Crippen molar-refractivity contribution in [1.29, 1.82) is 0 Å². The maximum Gasteiger partial charge on any atom is 0.416 e. The Hall–Kier alpha value is -1.28. The molecular formula is C15H16ClF3N2O2. The van der Waals surface area contributed by atoms with Crippen molar-refractivity contribution in [2.75, 3.05) is 19.6 Å². The van der Waals surface area contributed by atoms with Gasteiger partial charge in [0.05, 0.1) is 23.2 Å². The number of hydrazine groups is 1. The molecule has 4 nitrogen and oxygen atoms in total. The minimum atomic E-state index is -4.37. The minimum absolute atomic E-state index is 0.310. The first-order chi connectivity index (χ1) is 10.8. The third-order valence-corrected chi connectivity index (χ3v) is 4.17. The van der Waals surface area contributed by atoms with Gasteiger partial charge in [-0.05, 0) is 25.0 Å². The fourth-order valence-corrected chi connectivity index (χ4v) is 2.94. The van der Waals surface area contributed by atoms with E-state index in [9.17, 15) is 18.3 Å². The Morgan fingerprint density at radius 3 is 2.52 bits per heavy atom. The van der Waals surface area contributed by atoms with Crippen LogP contribution in [0.25, 0.3) is 5.76 Å². The zero-order valence-corrected chi connectivity index (χ0v) is 12.9. The Balaban J connectivity index is 1.72. The number of hydroxylamine groups is 1. The number of nitrogens with zero attached hydrogens (tertiary/aromatic N) is 2. The number of β-amino-alcohol motifs (C(OH)–C–C–N with tert-alkyl or cyclic N) is 1. The van der Waals surface area contributed by atoms with Crippen LogP contribution in [0.3, 0.4) is 0 Å². The van der Waals surface area contributed by atoms with E-state index in [4.69, 9.17) is 16.4 Å². The van der Waals surface area contributed by atoms with Crippen molar-refractivity contribution in [2.45, 2.75) is 25.1 Å². The van der Waals surface area contributed by atoms with Crippen LogP contribution in [0.4, 0.5) is 13.2 Å². The van der Waals surface area contributed by atoms with Gasteiger partial charge in [-0.2, -0.15) is 13.2 Å². The quantitative estimate of drug-likeness (QED) is 0.890. The van der Waals surface area contributed by atoms with Gasteiger partial charge in [0.15, 0.2) is 5.76 Å². The summed E-state index contributed by atoms with van der Waals surface area (Å²) in [6, 6.07) is 4.69. The third-order valence-electron chi connectivity index (χ3n) is 3.88. The Bertz CT molecular complexity index is 604. The van der Waals surface area contributed by atoms with Gasteiger partial charge in [0.2, 0.25) is 0 Å². The van der Waals surface area contributed by atoms with Crippen molar-refractivity contribution in [3.63, 3.8) is 0 Å². The van der Waals surface area contributed by atoms with Gasteiger partial charge in [-0.15, -0.1) is 0 Å². The standard InChI is InChI=1S/C15H16ClF3N2O2/c16-13-9-21(20-7-1-2-12(22)8-20)23-14(13)10-3-5-11(6-4-10)15(17,18)19/h3-6,12,22H,1-2,7-9H2. The molecule has 1 atom stereocenters. The maximum absolute atomic E-state index is 12.6. The number of hydrogen-bond acceptors (Lipinski definition) is 4. The summed E-state index contributed by atoms with van der Waals surface area (Å²) in [5, 5.41) is 13.5. The maximum atomic E-state index is 12.6. The fourth-order valence-electron chi connectivity index (χ4n) is 2.69. The predicted octanol–water partition coefficient (Wildman–Crippen LogP) is 3.23. The van der Waals surface area contributed by atoms with Crippen molar-refractivity contribution in [2.24, 2.45) is 0 Å². The summed E-state index contributed by atoms with van der Waals surface area (Å²) in [6.45, 7) is 1.50. The van der Waals surface area contributed by atoms with E-state index in [1.807, 2.05) is 5.01 Å². The highest BCUT2D eigenvalue weighted by molar-refractivity contribution is 6.32. The first-order valence-corrected chi connectivity index (χ1v) is 7.67. The average Bonchev–Trinajstić information content (AvgIpc) is 2.88. The molecule has 8 heteroatoms. The lowest BCUT2D eigenvalue weighted by atomic mass is 10.1. The van der Waals surface area contributed by atoms with Crippen LogP contribution in [0.5, 0.6) is 0 Å². The molecule has 1 N–H and O–H groups in total. The van der Waals surface area contributed by atoms with E-state index in [0.717, 1.165) is 31.5 Å². The summed E-state index contributed by atoms with van der Waals surface area (Å²) in [5.74, 6) is 0.348. The smallest absolute Gasteiger partial charge is 0.392 e. The SMILES string of the molecule is OC1CCCN(N2CC(Cl)=C(c3ccc(C(F)(F)F)cc3)O2)C1. The van der Waals surface area contributed by atoms with Crippen LogP contribution in [0, 0.1) is 0 Å². The molecule has 1 fully saturated rings. The lowest BCUT2D eigenvalue weighted by Gasteiger charge is -2.35. The van der Waals surface area contributed by atoms with Crippen molar-refractivity contribution >= 4 is 17.4 Å². The van der Waals surface area contributed by atoms with E-state index in [1.165, 1.54) is 12.1 Å². The molecule has 0 saturated carbocycles. The molecule has 2 heterocycles. The molecule has 1 saturated heterocycles. The van der Waals surface area contributed by atoms with Crippen molar-refractivity contribution in [3.8, 4) is 0 Å². The molecule has 1 unspecified atom stereocenters. The molecule has 2 aliphatic heterocycles. The first-order valence-electron chi connectivity index (χ1n) is 7.29. The van der Waals surface area contributed by atoms with E-state index in [2.05, 4.69) is 0 Å². The van der Waals surface area contributed by atoms with Gasteiger partial charge in [0.1, 0.15) is 0 Å². The summed E-state index contributed by atoms with van der Waals surface area (Å²) in [7, 11) is 0. The summed E-state index contributed by atoms with van der Waals surface area (Å²) in [4.78, 5) is 5.69. The van der Waals surface area contributed by atoms with Crippen molar-refractivity contribution < 1.29 is 23.1 Å². The number of aliphatic hydroxyl groups is 1. The normalized spacial score (nSPS) is 24.1. The summed E-state index contributed by atoms with van der Waals surface area (Å²) < 4.78 is 37.8. The number of alkyl halides is 3.